The third-order valence-corrected chi connectivity index (χ3v) is 4.85. The average Bonchev–Trinajstić information content (AvgIpc) is 3.06. The van der Waals surface area contributed by atoms with Crippen LogP contribution in [0.2, 0.25) is 0 Å². The Morgan fingerprint density at radius 1 is 1.15 bits per heavy atom. The van der Waals surface area contributed by atoms with Crippen LogP contribution in [-0.4, -0.2) is 17.0 Å². The van der Waals surface area contributed by atoms with Gasteiger partial charge in [0.15, 0.2) is 0 Å². The van der Waals surface area contributed by atoms with Crippen LogP contribution >= 0.6 is 11.3 Å². The van der Waals surface area contributed by atoms with Crippen molar-refractivity contribution >= 4 is 28.9 Å². The standard InChI is InChI=1S/C20H14N2O3S/c1-12-5-7-14(8-6-12)18-17(20(24)25)16(11-26-18)22-19(23)15-4-2-3-13(9-15)10-21/h2-9,11H,1H3,(H,22,23)(H,24,25). The molecule has 1 aromatic heterocycles. The fourth-order valence-electron chi connectivity index (χ4n) is 2.50. The molecule has 3 aromatic rings. The quantitative estimate of drug-likeness (QED) is 0.712. The minimum atomic E-state index is -1.11. The van der Waals surface area contributed by atoms with Gasteiger partial charge in [0, 0.05) is 10.9 Å². The van der Waals surface area contributed by atoms with Crippen molar-refractivity contribution in [2.45, 2.75) is 6.92 Å². The molecule has 0 saturated heterocycles. The van der Waals surface area contributed by atoms with Gasteiger partial charge in [-0.05, 0) is 30.7 Å². The average molecular weight is 362 g/mol. The number of nitrogens with one attached hydrogen (secondary N) is 1. The molecule has 0 atom stereocenters. The van der Waals surface area contributed by atoms with E-state index in [-0.39, 0.29) is 11.3 Å². The van der Waals surface area contributed by atoms with Crippen molar-refractivity contribution in [1.82, 2.24) is 0 Å². The van der Waals surface area contributed by atoms with Gasteiger partial charge in [-0.25, -0.2) is 4.79 Å². The van der Waals surface area contributed by atoms with E-state index in [4.69, 9.17) is 5.26 Å². The highest BCUT2D eigenvalue weighted by atomic mass is 32.1. The zero-order valence-corrected chi connectivity index (χ0v) is 14.6. The van der Waals surface area contributed by atoms with Crippen LogP contribution < -0.4 is 5.32 Å². The largest absolute Gasteiger partial charge is 0.478 e. The molecule has 0 aliphatic rings. The van der Waals surface area contributed by atoms with Crippen LogP contribution in [0.4, 0.5) is 5.69 Å². The Balaban J connectivity index is 1.95. The molecule has 0 saturated carbocycles. The number of anilines is 1. The van der Waals surface area contributed by atoms with Crippen LogP contribution in [0.15, 0.2) is 53.9 Å². The summed E-state index contributed by atoms with van der Waals surface area (Å²) in [6.45, 7) is 1.96. The normalized spacial score (nSPS) is 10.2. The van der Waals surface area contributed by atoms with E-state index in [1.807, 2.05) is 37.3 Å². The minimum Gasteiger partial charge on any atom is -0.478 e. The van der Waals surface area contributed by atoms with Gasteiger partial charge in [-0.15, -0.1) is 11.3 Å². The summed E-state index contributed by atoms with van der Waals surface area (Å²) >= 11 is 1.26. The maximum Gasteiger partial charge on any atom is 0.339 e. The number of nitriles is 1. The van der Waals surface area contributed by atoms with E-state index < -0.39 is 11.9 Å². The van der Waals surface area contributed by atoms with Gasteiger partial charge >= 0.3 is 5.97 Å². The maximum absolute atomic E-state index is 12.4. The van der Waals surface area contributed by atoms with Gasteiger partial charge in [-0.1, -0.05) is 35.9 Å². The molecule has 26 heavy (non-hydrogen) atoms. The van der Waals surface area contributed by atoms with Crippen LogP contribution in [0.5, 0.6) is 0 Å². The summed E-state index contributed by atoms with van der Waals surface area (Å²) in [5, 5.41) is 22.8. The molecule has 0 radical (unpaired) electrons. The Morgan fingerprint density at radius 2 is 1.88 bits per heavy atom. The Bertz CT molecular complexity index is 1030. The molecule has 5 nitrogen and oxygen atoms in total. The Hall–Kier alpha value is -3.43. The molecule has 0 fully saturated rings. The number of aromatic carboxylic acids is 1. The fourth-order valence-corrected chi connectivity index (χ4v) is 3.50. The van der Waals surface area contributed by atoms with E-state index >= 15 is 0 Å². The SMILES string of the molecule is Cc1ccc(-c2scc(NC(=O)c3cccc(C#N)c3)c2C(=O)O)cc1. The highest BCUT2D eigenvalue weighted by Gasteiger charge is 2.21. The molecule has 2 aromatic carbocycles. The highest BCUT2D eigenvalue weighted by Crippen LogP contribution is 2.36. The van der Waals surface area contributed by atoms with Gasteiger partial charge in [0.05, 0.1) is 22.2 Å². The number of rotatable bonds is 4. The van der Waals surface area contributed by atoms with Crippen molar-refractivity contribution in [2.24, 2.45) is 0 Å². The number of nitrogens with zero attached hydrogens (tertiary/aromatic N) is 1. The first-order valence-electron chi connectivity index (χ1n) is 7.73. The van der Waals surface area contributed by atoms with Crippen LogP contribution in [0, 0.1) is 18.3 Å². The van der Waals surface area contributed by atoms with Crippen LogP contribution in [0.3, 0.4) is 0 Å². The Morgan fingerprint density at radius 3 is 2.54 bits per heavy atom. The monoisotopic (exact) mass is 362 g/mol. The van der Waals surface area contributed by atoms with Crippen molar-refractivity contribution in [3.63, 3.8) is 0 Å². The van der Waals surface area contributed by atoms with Crippen molar-refractivity contribution in [3.05, 3.63) is 76.2 Å². The van der Waals surface area contributed by atoms with Gasteiger partial charge in [0.25, 0.3) is 5.91 Å². The number of amides is 1. The Kier molecular flexibility index (Phi) is 4.83. The van der Waals surface area contributed by atoms with Crippen molar-refractivity contribution < 1.29 is 14.7 Å². The molecule has 2 N–H and O–H groups in total. The molecule has 3 rings (SSSR count). The summed E-state index contributed by atoms with van der Waals surface area (Å²) in [5.41, 5.74) is 2.82. The van der Waals surface area contributed by atoms with Crippen LogP contribution in [0.1, 0.15) is 31.8 Å². The second-order valence-corrected chi connectivity index (χ2v) is 6.55. The summed E-state index contributed by atoms with van der Waals surface area (Å²) in [4.78, 5) is 24.8. The highest BCUT2D eigenvalue weighted by molar-refractivity contribution is 7.14. The third kappa shape index (κ3) is 3.48. The van der Waals surface area contributed by atoms with Crippen molar-refractivity contribution in [2.75, 3.05) is 5.32 Å². The first-order chi connectivity index (χ1) is 12.5. The zero-order chi connectivity index (χ0) is 18.7. The lowest BCUT2D eigenvalue weighted by Crippen LogP contribution is -2.14. The second kappa shape index (κ2) is 7.21. The number of carboxylic acids is 1. The van der Waals surface area contributed by atoms with Gasteiger partial charge in [0.2, 0.25) is 0 Å². The van der Waals surface area contributed by atoms with E-state index in [1.165, 1.54) is 17.4 Å². The van der Waals surface area contributed by atoms with Gasteiger partial charge < -0.3 is 10.4 Å². The first kappa shape index (κ1) is 17.4. The smallest absolute Gasteiger partial charge is 0.339 e. The van der Waals surface area contributed by atoms with E-state index in [1.54, 1.807) is 23.6 Å². The third-order valence-electron chi connectivity index (χ3n) is 3.82. The zero-order valence-electron chi connectivity index (χ0n) is 13.8. The summed E-state index contributed by atoms with van der Waals surface area (Å²) in [5.74, 6) is -1.57. The number of benzene rings is 2. The molecule has 0 aliphatic heterocycles. The van der Waals surface area contributed by atoms with Crippen LogP contribution in [-0.2, 0) is 0 Å². The van der Waals surface area contributed by atoms with Gasteiger partial charge in [-0.2, -0.15) is 5.26 Å². The number of thiophene rings is 1. The predicted molar refractivity (Wildman–Crippen MR) is 101 cm³/mol. The lowest BCUT2D eigenvalue weighted by molar-refractivity contribution is 0.0699. The molecule has 6 heteroatoms. The van der Waals surface area contributed by atoms with E-state index in [0.717, 1.165) is 11.1 Å². The molecule has 128 valence electrons. The lowest BCUT2D eigenvalue weighted by atomic mass is 10.1. The summed E-state index contributed by atoms with van der Waals surface area (Å²) in [7, 11) is 0. The van der Waals surface area contributed by atoms with E-state index in [2.05, 4.69) is 5.32 Å². The molecule has 1 amide bonds. The number of hydrogen-bond acceptors (Lipinski definition) is 4. The number of hydrogen-bond donors (Lipinski definition) is 2. The first-order valence-corrected chi connectivity index (χ1v) is 8.61. The lowest BCUT2D eigenvalue weighted by Gasteiger charge is -2.07. The van der Waals surface area contributed by atoms with Crippen molar-refractivity contribution in [1.29, 1.82) is 5.26 Å². The summed E-state index contributed by atoms with van der Waals surface area (Å²) in [6, 6.07) is 15.7. The Labute approximate surface area is 154 Å². The topological polar surface area (TPSA) is 90.2 Å². The summed E-state index contributed by atoms with van der Waals surface area (Å²) < 4.78 is 0. The van der Waals surface area contributed by atoms with Gasteiger partial charge in [-0.3, -0.25) is 4.79 Å². The molecular formula is C20H14N2O3S. The number of carbonyl (C=O) groups excluding carboxylic acids is 1. The van der Waals surface area contributed by atoms with E-state index in [9.17, 15) is 14.7 Å². The molecule has 0 unspecified atom stereocenters. The summed E-state index contributed by atoms with van der Waals surface area (Å²) in [6.07, 6.45) is 0. The number of carboxylic acid groups (broad SMARTS) is 1. The second-order valence-electron chi connectivity index (χ2n) is 5.67. The molecule has 0 bridgehead atoms. The maximum atomic E-state index is 12.4. The molecule has 0 spiro atoms. The van der Waals surface area contributed by atoms with Crippen LogP contribution in [0.25, 0.3) is 10.4 Å². The predicted octanol–water partition coefficient (Wildman–Crippen LogP) is 4.55. The van der Waals surface area contributed by atoms with Gasteiger partial charge in [0.1, 0.15) is 5.56 Å². The number of aryl methyl sites for hydroxylation is 1. The van der Waals surface area contributed by atoms with E-state index in [0.29, 0.717) is 16.0 Å². The molecule has 0 aliphatic carbocycles. The fraction of sp³-hybridized carbons (Fsp3) is 0.0500. The molecular weight excluding hydrogens is 348 g/mol. The van der Waals surface area contributed by atoms with Crippen molar-refractivity contribution in [3.8, 4) is 16.5 Å². The molecule has 1 heterocycles. The number of carbonyl (C=O) groups is 2. The minimum absolute atomic E-state index is 0.0589.